The summed E-state index contributed by atoms with van der Waals surface area (Å²) >= 11 is 0. The molecule has 6 N–H and O–H groups in total. The van der Waals surface area contributed by atoms with Crippen LogP contribution in [0.5, 0.6) is 0 Å². The normalized spacial score (nSPS) is 18.3. The second kappa shape index (κ2) is 9.41. The number of nitrogens with one attached hydrogen (secondary N) is 2. The van der Waals surface area contributed by atoms with Crippen LogP contribution >= 0.6 is 0 Å². The molecule has 0 aliphatic heterocycles. The third-order valence-electron chi connectivity index (χ3n) is 6.19. The first-order valence-electron chi connectivity index (χ1n) is 11.4. The molecule has 9 heteroatoms. The Morgan fingerprint density at radius 2 is 1.85 bits per heavy atom. The van der Waals surface area contributed by atoms with Crippen molar-refractivity contribution < 1.29 is 0 Å². The number of benzene rings is 1. The van der Waals surface area contributed by atoms with Gasteiger partial charge in [0.2, 0.25) is 5.95 Å². The van der Waals surface area contributed by atoms with Gasteiger partial charge < -0.3 is 22.1 Å². The summed E-state index contributed by atoms with van der Waals surface area (Å²) in [6, 6.07) is 10.5. The number of nitrogens with two attached hydrogens (primary N) is 2. The van der Waals surface area contributed by atoms with Crippen LogP contribution in [0.25, 0.3) is 17.0 Å². The fourth-order valence-corrected chi connectivity index (χ4v) is 4.32. The average Bonchev–Trinajstić information content (AvgIpc) is 3.27. The number of aromatic nitrogens is 5. The molecule has 0 bridgehead atoms. The van der Waals surface area contributed by atoms with Crippen molar-refractivity contribution in [1.29, 1.82) is 0 Å². The van der Waals surface area contributed by atoms with Gasteiger partial charge in [-0.15, -0.1) is 0 Å². The highest BCUT2D eigenvalue weighted by Crippen LogP contribution is 2.25. The van der Waals surface area contributed by atoms with Gasteiger partial charge in [-0.3, -0.25) is 4.40 Å². The van der Waals surface area contributed by atoms with Gasteiger partial charge >= 0.3 is 0 Å². The summed E-state index contributed by atoms with van der Waals surface area (Å²) < 4.78 is 2.01. The van der Waals surface area contributed by atoms with E-state index in [1.165, 1.54) is 0 Å². The first-order valence-corrected chi connectivity index (χ1v) is 11.4. The predicted molar refractivity (Wildman–Crippen MR) is 131 cm³/mol. The van der Waals surface area contributed by atoms with Crippen molar-refractivity contribution in [2.45, 2.75) is 44.2 Å². The Labute approximate surface area is 192 Å². The molecule has 1 aliphatic carbocycles. The molecular weight excluding hydrogens is 414 g/mol. The first-order chi connectivity index (χ1) is 16.2. The molecular formula is C24H29N9. The van der Waals surface area contributed by atoms with Crippen molar-refractivity contribution in [3.8, 4) is 11.4 Å². The Morgan fingerprint density at radius 3 is 2.70 bits per heavy atom. The minimum absolute atomic E-state index is 0.315. The Hall–Kier alpha value is -3.72. The zero-order valence-electron chi connectivity index (χ0n) is 18.5. The summed E-state index contributed by atoms with van der Waals surface area (Å²) in [6.07, 6.45) is 12.2. The molecule has 3 heterocycles. The molecule has 1 aliphatic rings. The molecule has 0 amide bonds. The quantitative estimate of drug-likeness (QED) is 0.320. The van der Waals surface area contributed by atoms with Gasteiger partial charge in [0.05, 0.1) is 17.6 Å². The van der Waals surface area contributed by atoms with Gasteiger partial charge in [-0.1, -0.05) is 18.2 Å². The molecule has 0 atom stereocenters. The summed E-state index contributed by atoms with van der Waals surface area (Å²) in [7, 11) is 0. The van der Waals surface area contributed by atoms with Crippen molar-refractivity contribution in [3.05, 3.63) is 60.7 Å². The van der Waals surface area contributed by atoms with Crippen LogP contribution in [0.3, 0.4) is 0 Å². The molecule has 1 aromatic carbocycles. The van der Waals surface area contributed by atoms with E-state index in [9.17, 15) is 0 Å². The van der Waals surface area contributed by atoms with Gasteiger partial charge in [0.1, 0.15) is 0 Å². The molecule has 0 spiro atoms. The standard InChI is InChI=1S/C24H29N9/c25-17-5-7-18(8-6-17)31-22-23-30-15-21(33(23)14-13-27-22)20-10-12-29-24(32-20)28-11-9-16-3-1-2-4-19(16)26/h1-4,10,12-15,17-18H,5-9,11,25-26H2,(H,27,31)(H,28,29,32). The van der Waals surface area contributed by atoms with Crippen molar-refractivity contribution in [3.63, 3.8) is 0 Å². The maximum atomic E-state index is 6.04. The molecule has 170 valence electrons. The molecule has 9 nitrogen and oxygen atoms in total. The number of fused-ring (bicyclic) bond motifs is 1. The van der Waals surface area contributed by atoms with Crippen LogP contribution in [0.4, 0.5) is 17.5 Å². The lowest BCUT2D eigenvalue weighted by Gasteiger charge is -2.27. The van der Waals surface area contributed by atoms with Crippen LogP contribution < -0.4 is 22.1 Å². The third-order valence-corrected chi connectivity index (χ3v) is 6.19. The van der Waals surface area contributed by atoms with Crippen LogP contribution in [0.2, 0.25) is 0 Å². The molecule has 0 saturated heterocycles. The fourth-order valence-electron chi connectivity index (χ4n) is 4.32. The molecule has 0 radical (unpaired) electrons. The van der Waals surface area contributed by atoms with E-state index >= 15 is 0 Å². The lowest BCUT2D eigenvalue weighted by Crippen LogP contribution is -2.33. The summed E-state index contributed by atoms with van der Waals surface area (Å²) in [5.74, 6) is 1.36. The Morgan fingerprint density at radius 1 is 1.00 bits per heavy atom. The van der Waals surface area contributed by atoms with Crippen molar-refractivity contribution >= 4 is 23.1 Å². The highest BCUT2D eigenvalue weighted by Gasteiger charge is 2.20. The number of hydrogen-bond donors (Lipinski definition) is 4. The van der Waals surface area contributed by atoms with E-state index in [-0.39, 0.29) is 0 Å². The topological polar surface area (TPSA) is 132 Å². The van der Waals surface area contributed by atoms with E-state index in [1.54, 1.807) is 12.4 Å². The molecule has 5 rings (SSSR count). The van der Waals surface area contributed by atoms with E-state index in [0.29, 0.717) is 24.6 Å². The number of hydrogen-bond acceptors (Lipinski definition) is 8. The fraction of sp³-hybridized carbons (Fsp3) is 0.333. The Kier molecular flexibility index (Phi) is 6.03. The summed E-state index contributed by atoms with van der Waals surface area (Å²) in [4.78, 5) is 18.2. The van der Waals surface area contributed by atoms with Gasteiger partial charge in [-0.05, 0) is 49.8 Å². The van der Waals surface area contributed by atoms with Gasteiger partial charge in [0.25, 0.3) is 0 Å². The predicted octanol–water partition coefficient (Wildman–Crippen LogP) is 3.10. The van der Waals surface area contributed by atoms with Crippen LogP contribution in [-0.2, 0) is 6.42 Å². The Balaban J connectivity index is 1.31. The number of para-hydroxylation sites is 1. The van der Waals surface area contributed by atoms with E-state index in [2.05, 4.69) is 25.6 Å². The molecule has 1 saturated carbocycles. The second-order valence-electron chi connectivity index (χ2n) is 8.51. The largest absolute Gasteiger partial charge is 0.399 e. The van der Waals surface area contributed by atoms with Crippen molar-refractivity contribution in [2.75, 3.05) is 22.9 Å². The first kappa shape index (κ1) is 21.1. The molecule has 0 unspecified atom stereocenters. The van der Waals surface area contributed by atoms with E-state index < -0.39 is 0 Å². The minimum Gasteiger partial charge on any atom is -0.399 e. The maximum Gasteiger partial charge on any atom is 0.223 e. The zero-order valence-corrected chi connectivity index (χ0v) is 18.5. The maximum absolute atomic E-state index is 6.04. The molecule has 33 heavy (non-hydrogen) atoms. The smallest absolute Gasteiger partial charge is 0.223 e. The summed E-state index contributed by atoms with van der Waals surface area (Å²) in [5.41, 5.74) is 16.5. The van der Waals surface area contributed by atoms with Crippen LogP contribution in [-0.4, -0.2) is 43.0 Å². The Bertz CT molecular complexity index is 1230. The summed E-state index contributed by atoms with van der Waals surface area (Å²) in [5, 5.41) is 6.86. The zero-order chi connectivity index (χ0) is 22.6. The lowest BCUT2D eigenvalue weighted by atomic mass is 9.92. The van der Waals surface area contributed by atoms with Gasteiger partial charge in [-0.2, -0.15) is 0 Å². The molecule has 1 fully saturated rings. The van der Waals surface area contributed by atoms with E-state index in [4.69, 9.17) is 16.5 Å². The summed E-state index contributed by atoms with van der Waals surface area (Å²) in [6.45, 7) is 0.688. The van der Waals surface area contributed by atoms with Crippen LogP contribution in [0.15, 0.2) is 55.1 Å². The minimum atomic E-state index is 0.315. The number of nitrogens with zero attached hydrogens (tertiary/aromatic N) is 5. The van der Waals surface area contributed by atoms with Crippen molar-refractivity contribution in [2.24, 2.45) is 5.73 Å². The average molecular weight is 444 g/mol. The lowest BCUT2D eigenvalue weighted by molar-refractivity contribution is 0.410. The monoisotopic (exact) mass is 443 g/mol. The van der Waals surface area contributed by atoms with Gasteiger partial charge in [0.15, 0.2) is 11.5 Å². The highest BCUT2D eigenvalue weighted by molar-refractivity contribution is 5.69. The third kappa shape index (κ3) is 4.73. The highest BCUT2D eigenvalue weighted by atomic mass is 15.1. The van der Waals surface area contributed by atoms with Gasteiger partial charge in [-0.25, -0.2) is 19.9 Å². The van der Waals surface area contributed by atoms with Crippen LogP contribution in [0, 0.1) is 0 Å². The second-order valence-corrected chi connectivity index (χ2v) is 8.51. The molecule has 4 aromatic rings. The van der Waals surface area contributed by atoms with E-state index in [1.807, 2.05) is 47.1 Å². The number of nitrogen functional groups attached to an aromatic ring is 1. The van der Waals surface area contributed by atoms with Crippen molar-refractivity contribution in [1.82, 2.24) is 24.3 Å². The SMILES string of the molecule is Nc1ccccc1CCNc1nccc(-c2cnc3c(NC4CCC(N)CC4)nccn23)n1. The number of anilines is 3. The number of rotatable bonds is 7. The van der Waals surface area contributed by atoms with Gasteiger partial charge in [0, 0.05) is 42.9 Å². The van der Waals surface area contributed by atoms with Crippen LogP contribution in [0.1, 0.15) is 31.2 Å². The van der Waals surface area contributed by atoms with E-state index in [0.717, 1.165) is 66.2 Å². The molecule has 3 aromatic heterocycles. The number of imidazole rings is 1.